The van der Waals surface area contributed by atoms with Gasteiger partial charge in [-0.15, -0.1) is 0 Å². The summed E-state index contributed by atoms with van der Waals surface area (Å²) >= 11 is 0. The second-order valence-corrected chi connectivity index (χ2v) is 4.31. The summed E-state index contributed by atoms with van der Waals surface area (Å²) in [5, 5.41) is 10.7. The fraction of sp³-hybridized carbons (Fsp3) is 0.571. The van der Waals surface area contributed by atoms with E-state index in [0.29, 0.717) is 0 Å². The summed E-state index contributed by atoms with van der Waals surface area (Å²) in [7, 11) is -1.69. The minimum atomic E-state index is -1.69. The summed E-state index contributed by atoms with van der Waals surface area (Å²) in [6.07, 6.45) is 0. The summed E-state index contributed by atoms with van der Waals surface area (Å²) < 4.78 is 11.1. The fourth-order valence-electron chi connectivity index (χ4n) is 0.824. The molecule has 0 aromatic rings. The Labute approximate surface area is 88.5 Å². The lowest BCUT2D eigenvalue weighted by molar-refractivity contribution is -0.140. The van der Waals surface area contributed by atoms with Crippen LogP contribution in [0, 0.1) is 0 Å². The number of amides is 2. The molecular formula is C7H12N2O5S. The number of carbonyl (C=O) groups is 3. The van der Waals surface area contributed by atoms with Crippen LogP contribution in [0.3, 0.4) is 0 Å². The Morgan fingerprint density at radius 3 is 2.33 bits per heavy atom. The fourth-order valence-corrected chi connectivity index (χ4v) is 1.86. The first-order chi connectivity index (χ1) is 6.82. The molecule has 15 heavy (non-hydrogen) atoms. The van der Waals surface area contributed by atoms with Crippen molar-refractivity contribution in [2.45, 2.75) is 13.0 Å². The standard InChI is InChI=1S/C7H12N2O5S/c1-4(10)9-5(7(12)13)2-15(14)3-6(8)11/h5H,2-3H2,1H3,(H2,8,11)(H,9,10)(H,12,13). The average molecular weight is 236 g/mol. The zero-order chi connectivity index (χ0) is 12.0. The van der Waals surface area contributed by atoms with Gasteiger partial charge in [-0.2, -0.15) is 0 Å². The first-order valence-corrected chi connectivity index (χ1v) is 5.45. The molecule has 8 heteroatoms. The molecule has 0 aliphatic heterocycles. The lowest BCUT2D eigenvalue weighted by Crippen LogP contribution is -2.44. The summed E-state index contributed by atoms with van der Waals surface area (Å²) in [5.74, 6) is -3.37. The number of carboxylic acid groups (broad SMARTS) is 1. The highest BCUT2D eigenvalue weighted by molar-refractivity contribution is 7.85. The SMILES string of the molecule is CC(=O)NC(CS(=O)CC(N)=O)C(=O)O. The maximum atomic E-state index is 11.1. The van der Waals surface area contributed by atoms with Crippen molar-refractivity contribution in [1.29, 1.82) is 0 Å². The van der Waals surface area contributed by atoms with Gasteiger partial charge >= 0.3 is 5.97 Å². The van der Waals surface area contributed by atoms with Crippen LogP contribution < -0.4 is 11.1 Å². The lowest BCUT2D eigenvalue weighted by atomic mass is 10.3. The monoisotopic (exact) mass is 236 g/mol. The van der Waals surface area contributed by atoms with E-state index in [1.54, 1.807) is 0 Å². The Morgan fingerprint density at radius 1 is 1.47 bits per heavy atom. The highest BCUT2D eigenvalue weighted by Gasteiger charge is 2.21. The van der Waals surface area contributed by atoms with Crippen molar-refractivity contribution in [2.75, 3.05) is 11.5 Å². The molecule has 0 fully saturated rings. The van der Waals surface area contributed by atoms with Crippen molar-refractivity contribution in [3.8, 4) is 0 Å². The van der Waals surface area contributed by atoms with Gasteiger partial charge < -0.3 is 16.2 Å². The van der Waals surface area contributed by atoms with E-state index in [1.165, 1.54) is 0 Å². The molecule has 4 N–H and O–H groups in total. The number of rotatable bonds is 6. The van der Waals surface area contributed by atoms with Gasteiger partial charge in [0.15, 0.2) is 0 Å². The van der Waals surface area contributed by atoms with Crippen LogP contribution in [0.25, 0.3) is 0 Å². The van der Waals surface area contributed by atoms with Crippen LogP contribution in [0.1, 0.15) is 6.92 Å². The number of nitrogens with two attached hydrogens (primary N) is 1. The molecule has 2 amide bonds. The Morgan fingerprint density at radius 2 is 2.00 bits per heavy atom. The van der Waals surface area contributed by atoms with Crippen LogP contribution >= 0.6 is 0 Å². The van der Waals surface area contributed by atoms with Gasteiger partial charge in [0.1, 0.15) is 11.8 Å². The Hall–Kier alpha value is -1.44. The summed E-state index contributed by atoms with van der Waals surface area (Å²) in [6, 6.07) is -1.26. The van der Waals surface area contributed by atoms with Crippen LogP contribution in [0.4, 0.5) is 0 Å². The Balaban J connectivity index is 4.28. The van der Waals surface area contributed by atoms with Crippen molar-refractivity contribution >= 4 is 28.6 Å². The van der Waals surface area contributed by atoms with Gasteiger partial charge in [0.05, 0.1) is 5.75 Å². The number of hydrogen-bond donors (Lipinski definition) is 3. The molecule has 0 aromatic carbocycles. The third-order valence-corrected chi connectivity index (χ3v) is 2.64. The summed E-state index contributed by atoms with van der Waals surface area (Å²) in [4.78, 5) is 31.6. The van der Waals surface area contributed by atoms with E-state index in [0.717, 1.165) is 6.92 Å². The molecule has 0 radical (unpaired) electrons. The molecule has 2 unspecified atom stereocenters. The van der Waals surface area contributed by atoms with Crippen molar-refractivity contribution in [3.05, 3.63) is 0 Å². The molecule has 0 aromatic heterocycles. The van der Waals surface area contributed by atoms with Crippen LogP contribution in [0.2, 0.25) is 0 Å². The zero-order valence-corrected chi connectivity index (χ0v) is 8.87. The number of carboxylic acids is 1. The molecule has 0 saturated carbocycles. The van der Waals surface area contributed by atoms with Gasteiger partial charge in [0.25, 0.3) is 0 Å². The first-order valence-electron chi connectivity index (χ1n) is 3.96. The predicted octanol–water partition coefficient (Wildman–Crippen LogP) is -2.19. The van der Waals surface area contributed by atoms with Crippen LogP contribution in [-0.4, -0.2) is 44.6 Å². The van der Waals surface area contributed by atoms with Gasteiger partial charge in [0, 0.05) is 17.7 Å². The van der Waals surface area contributed by atoms with E-state index in [-0.39, 0.29) is 5.75 Å². The number of primary amides is 1. The van der Waals surface area contributed by atoms with Crippen molar-refractivity contribution in [1.82, 2.24) is 5.32 Å². The van der Waals surface area contributed by atoms with Gasteiger partial charge in [-0.25, -0.2) is 4.79 Å². The topological polar surface area (TPSA) is 127 Å². The first kappa shape index (κ1) is 13.6. The van der Waals surface area contributed by atoms with E-state index in [1.807, 2.05) is 0 Å². The van der Waals surface area contributed by atoms with E-state index < -0.39 is 40.4 Å². The van der Waals surface area contributed by atoms with Crippen LogP contribution in [0.5, 0.6) is 0 Å². The average Bonchev–Trinajstić information content (AvgIpc) is 1.99. The molecule has 0 rings (SSSR count). The molecule has 86 valence electrons. The summed E-state index contributed by atoms with van der Waals surface area (Å²) in [6.45, 7) is 1.15. The van der Waals surface area contributed by atoms with Crippen LogP contribution in [0.15, 0.2) is 0 Å². The normalized spacial score (nSPS) is 13.9. The number of carbonyl (C=O) groups excluding carboxylic acids is 2. The lowest BCUT2D eigenvalue weighted by Gasteiger charge is -2.11. The molecule has 0 saturated heterocycles. The predicted molar refractivity (Wildman–Crippen MR) is 52.3 cm³/mol. The third-order valence-electron chi connectivity index (χ3n) is 1.33. The molecule has 7 nitrogen and oxygen atoms in total. The number of aliphatic carboxylic acids is 1. The van der Waals surface area contributed by atoms with E-state index >= 15 is 0 Å². The third kappa shape index (κ3) is 6.61. The molecule has 0 bridgehead atoms. The van der Waals surface area contributed by atoms with Gasteiger partial charge in [-0.05, 0) is 0 Å². The smallest absolute Gasteiger partial charge is 0.327 e. The number of hydrogen-bond acceptors (Lipinski definition) is 4. The Kier molecular flexibility index (Phi) is 5.53. The van der Waals surface area contributed by atoms with Crippen molar-refractivity contribution in [3.63, 3.8) is 0 Å². The molecule has 0 aliphatic carbocycles. The molecule has 0 aliphatic rings. The minimum absolute atomic E-state index is 0.335. The van der Waals surface area contributed by atoms with Crippen molar-refractivity contribution < 1.29 is 23.7 Å². The van der Waals surface area contributed by atoms with Gasteiger partial charge in [-0.3, -0.25) is 13.8 Å². The number of nitrogens with one attached hydrogen (secondary N) is 1. The maximum Gasteiger partial charge on any atom is 0.327 e. The second-order valence-electron chi connectivity index (χ2n) is 2.81. The summed E-state index contributed by atoms with van der Waals surface area (Å²) in [5.41, 5.74) is 4.78. The van der Waals surface area contributed by atoms with Crippen molar-refractivity contribution in [2.24, 2.45) is 5.73 Å². The molecule has 2 atom stereocenters. The quantitative estimate of drug-likeness (QED) is 0.482. The highest BCUT2D eigenvalue weighted by atomic mass is 32.2. The highest BCUT2D eigenvalue weighted by Crippen LogP contribution is 1.91. The molecule has 0 heterocycles. The van der Waals surface area contributed by atoms with Gasteiger partial charge in [-0.1, -0.05) is 0 Å². The van der Waals surface area contributed by atoms with Gasteiger partial charge in [0.2, 0.25) is 11.8 Å². The largest absolute Gasteiger partial charge is 0.480 e. The van der Waals surface area contributed by atoms with E-state index in [4.69, 9.17) is 10.8 Å². The maximum absolute atomic E-state index is 11.1. The molecule has 0 spiro atoms. The minimum Gasteiger partial charge on any atom is -0.480 e. The Bertz CT molecular complexity index is 304. The van der Waals surface area contributed by atoms with E-state index in [2.05, 4.69) is 5.32 Å². The van der Waals surface area contributed by atoms with Crippen LogP contribution in [-0.2, 0) is 25.2 Å². The zero-order valence-electron chi connectivity index (χ0n) is 8.06. The second kappa shape index (κ2) is 6.12. The van der Waals surface area contributed by atoms with E-state index in [9.17, 15) is 18.6 Å². The molecular weight excluding hydrogens is 224 g/mol.